The number of nitrogens with one attached hydrogen (secondary N) is 1. The molecular weight excluding hydrogens is 210 g/mol. The van der Waals surface area contributed by atoms with E-state index in [1.807, 2.05) is 29.6 Å². The highest BCUT2D eigenvalue weighted by Gasteiger charge is 1.95. The van der Waals surface area contributed by atoms with Crippen molar-refractivity contribution in [3.8, 4) is 0 Å². The lowest BCUT2D eigenvalue weighted by Gasteiger charge is -1.99. The second-order valence-corrected chi connectivity index (χ2v) is 3.94. The fourth-order valence-electron chi connectivity index (χ4n) is 1.27. The Hall–Kier alpha value is -1.81. The Morgan fingerprint density at radius 1 is 1.40 bits per heavy atom. The van der Waals surface area contributed by atoms with E-state index >= 15 is 0 Å². The third-order valence-electron chi connectivity index (χ3n) is 1.93. The molecule has 2 aromatic rings. The first kappa shape index (κ1) is 9.73. The lowest BCUT2D eigenvalue weighted by atomic mass is 10.2. The van der Waals surface area contributed by atoms with E-state index in [0.29, 0.717) is 0 Å². The summed E-state index contributed by atoms with van der Waals surface area (Å²) >= 11 is 1.68. The Morgan fingerprint density at radius 2 is 2.27 bits per heavy atom. The Kier molecular flexibility index (Phi) is 2.69. The molecule has 1 aromatic carbocycles. The molecule has 0 aliphatic carbocycles. The van der Waals surface area contributed by atoms with Gasteiger partial charge in [0.1, 0.15) is 0 Å². The number of hydrogen-bond acceptors (Lipinski definition) is 3. The minimum atomic E-state index is -0.959. The smallest absolute Gasteiger partial charge is 0.329 e. The van der Waals surface area contributed by atoms with Gasteiger partial charge in [0.15, 0.2) is 0 Å². The Balaban J connectivity index is 2.18. The van der Waals surface area contributed by atoms with Crippen LogP contribution in [0.3, 0.4) is 0 Å². The van der Waals surface area contributed by atoms with Crippen LogP contribution in [0, 0.1) is 0 Å². The Labute approximate surface area is 90.7 Å². The fourth-order valence-corrected chi connectivity index (χ4v) is 2.04. The van der Waals surface area contributed by atoms with Gasteiger partial charge in [-0.2, -0.15) is 0 Å². The van der Waals surface area contributed by atoms with Gasteiger partial charge in [0.25, 0.3) is 0 Å². The molecule has 0 atom stereocenters. The first-order valence-corrected chi connectivity index (χ1v) is 5.27. The summed E-state index contributed by atoms with van der Waals surface area (Å²) in [6.45, 7) is 0. The van der Waals surface area contributed by atoms with Crippen LogP contribution in [0.2, 0.25) is 0 Å². The largest absolute Gasteiger partial charge is 0.478 e. The molecule has 2 N–H and O–H groups in total. The van der Waals surface area contributed by atoms with E-state index in [9.17, 15) is 4.79 Å². The lowest BCUT2D eigenvalue weighted by molar-refractivity contribution is -0.131. The first-order chi connectivity index (χ1) is 7.25. The van der Waals surface area contributed by atoms with Gasteiger partial charge in [-0.05, 0) is 35.0 Å². The number of fused-ring (bicyclic) bond motifs is 1. The van der Waals surface area contributed by atoms with Gasteiger partial charge in [-0.15, -0.1) is 11.3 Å². The van der Waals surface area contributed by atoms with Crippen molar-refractivity contribution in [2.45, 2.75) is 0 Å². The predicted octanol–water partition coefficient (Wildman–Crippen LogP) is 2.91. The van der Waals surface area contributed by atoms with Gasteiger partial charge in [-0.3, -0.25) is 0 Å². The molecule has 0 spiro atoms. The van der Waals surface area contributed by atoms with Crippen LogP contribution in [0.4, 0.5) is 5.69 Å². The number of aliphatic carboxylic acids is 1. The third kappa shape index (κ3) is 2.35. The Morgan fingerprint density at radius 3 is 3.07 bits per heavy atom. The average molecular weight is 219 g/mol. The Bertz CT molecular complexity index is 516. The molecule has 2 rings (SSSR count). The van der Waals surface area contributed by atoms with Gasteiger partial charge in [0.05, 0.1) is 0 Å². The second kappa shape index (κ2) is 4.14. The molecular formula is C11H9NO2S. The molecule has 0 saturated carbocycles. The molecule has 0 bridgehead atoms. The number of anilines is 1. The van der Waals surface area contributed by atoms with Gasteiger partial charge in [-0.25, -0.2) is 4.79 Å². The number of rotatable bonds is 3. The number of carboxylic acids is 1. The van der Waals surface area contributed by atoms with Gasteiger partial charge in [-0.1, -0.05) is 0 Å². The molecule has 1 heterocycles. The van der Waals surface area contributed by atoms with E-state index in [1.54, 1.807) is 11.3 Å². The summed E-state index contributed by atoms with van der Waals surface area (Å²) in [5.74, 6) is -0.959. The van der Waals surface area contributed by atoms with E-state index in [0.717, 1.165) is 17.1 Å². The standard InChI is InChI=1S/C11H9NO2S/c13-11(14)3-5-12-9-1-2-10-8(7-9)4-6-15-10/h1-7,12H,(H,13,14)/b5-3+. The molecule has 0 aliphatic heterocycles. The molecule has 76 valence electrons. The van der Waals surface area contributed by atoms with Crippen molar-refractivity contribution in [1.29, 1.82) is 0 Å². The molecule has 1 aromatic heterocycles. The van der Waals surface area contributed by atoms with Gasteiger partial charge >= 0.3 is 5.97 Å². The van der Waals surface area contributed by atoms with Crippen LogP contribution >= 0.6 is 11.3 Å². The number of thiophene rings is 1. The van der Waals surface area contributed by atoms with Crippen molar-refractivity contribution in [2.75, 3.05) is 5.32 Å². The van der Waals surface area contributed by atoms with Crippen LogP contribution in [0.5, 0.6) is 0 Å². The highest BCUT2D eigenvalue weighted by Crippen LogP contribution is 2.23. The van der Waals surface area contributed by atoms with E-state index in [4.69, 9.17) is 5.11 Å². The molecule has 3 nitrogen and oxygen atoms in total. The first-order valence-electron chi connectivity index (χ1n) is 4.39. The zero-order valence-corrected chi connectivity index (χ0v) is 8.62. The van der Waals surface area contributed by atoms with Crippen molar-refractivity contribution >= 4 is 33.1 Å². The molecule has 4 heteroatoms. The van der Waals surface area contributed by atoms with Crippen LogP contribution in [0.15, 0.2) is 41.9 Å². The second-order valence-electron chi connectivity index (χ2n) is 2.99. The molecule has 0 saturated heterocycles. The van der Waals surface area contributed by atoms with Gasteiger partial charge < -0.3 is 10.4 Å². The lowest BCUT2D eigenvalue weighted by Crippen LogP contribution is -1.91. The average Bonchev–Trinajstić information content (AvgIpc) is 2.64. The number of carbonyl (C=O) groups is 1. The maximum Gasteiger partial charge on any atom is 0.329 e. The number of hydrogen-bond donors (Lipinski definition) is 2. The highest BCUT2D eigenvalue weighted by atomic mass is 32.1. The molecule has 15 heavy (non-hydrogen) atoms. The number of carboxylic acid groups (broad SMARTS) is 1. The molecule has 0 fully saturated rings. The van der Waals surface area contributed by atoms with Crippen molar-refractivity contribution in [1.82, 2.24) is 0 Å². The van der Waals surface area contributed by atoms with E-state index in [-0.39, 0.29) is 0 Å². The van der Waals surface area contributed by atoms with E-state index in [2.05, 4.69) is 5.32 Å². The molecule has 0 aliphatic rings. The fraction of sp³-hybridized carbons (Fsp3) is 0. The third-order valence-corrected chi connectivity index (χ3v) is 2.83. The van der Waals surface area contributed by atoms with E-state index < -0.39 is 5.97 Å². The van der Waals surface area contributed by atoms with Crippen molar-refractivity contribution in [3.05, 3.63) is 41.9 Å². The molecule has 0 radical (unpaired) electrons. The summed E-state index contributed by atoms with van der Waals surface area (Å²) in [5.41, 5.74) is 0.887. The maximum absolute atomic E-state index is 10.2. The zero-order chi connectivity index (χ0) is 10.7. The quantitative estimate of drug-likeness (QED) is 0.780. The summed E-state index contributed by atoms with van der Waals surface area (Å²) in [4.78, 5) is 10.2. The van der Waals surface area contributed by atoms with Crippen molar-refractivity contribution in [3.63, 3.8) is 0 Å². The number of benzene rings is 1. The van der Waals surface area contributed by atoms with Gasteiger partial charge in [0.2, 0.25) is 0 Å². The van der Waals surface area contributed by atoms with Crippen LogP contribution in [0.25, 0.3) is 10.1 Å². The summed E-state index contributed by atoms with van der Waals surface area (Å²) in [7, 11) is 0. The van der Waals surface area contributed by atoms with Crippen molar-refractivity contribution in [2.24, 2.45) is 0 Å². The summed E-state index contributed by atoms with van der Waals surface area (Å²) in [6.07, 6.45) is 2.48. The van der Waals surface area contributed by atoms with Crippen LogP contribution in [0.1, 0.15) is 0 Å². The summed E-state index contributed by atoms with van der Waals surface area (Å²) in [5, 5.41) is 14.5. The highest BCUT2D eigenvalue weighted by molar-refractivity contribution is 7.17. The normalized spacial score (nSPS) is 10.9. The van der Waals surface area contributed by atoms with Crippen LogP contribution in [-0.4, -0.2) is 11.1 Å². The SMILES string of the molecule is O=C(O)/C=C/Nc1ccc2sccc2c1. The van der Waals surface area contributed by atoms with E-state index in [1.165, 1.54) is 10.9 Å². The summed E-state index contributed by atoms with van der Waals surface area (Å²) in [6, 6.07) is 7.95. The maximum atomic E-state index is 10.2. The summed E-state index contributed by atoms with van der Waals surface area (Å²) < 4.78 is 1.22. The topological polar surface area (TPSA) is 49.3 Å². The molecule has 0 unspecified atom stereocenters. The van der Waals surface area contributed by atoms with Gasteiger partial charge in [0, 0.05) is 22.7 Å². The van der Waals surface area contributed by atoms with Crippen molar-refractivity contribution < 1.29 is 9.90 Å². The predicted molar refractivity (Wildman–Crippen MR) is 62.2 cm³/mol. The minimum absolute atomic E-state index is 0.887. The zero-order valence-electron chi connectivity index (χ0n) is 7.81. The molecule has 0 amide bonds. The minimum Gasteiger partial charge on any atom is -0.478 e. The van der Waals surface area contributed by atoms with Crippen LogP contribution < -0.4 is 5.32 Å². The van der Waals surface area contributed by atoms with Crippen LogP contribution in [-0.2, 0) is 4.79 Å². The monoisotopic (exact) mass is 219 g/mol.